The lowest BCUT2D eigenvalue weighted by Gasteiger charge is -2.24. The highest BCUT2D eigenvalue weighted by Crippen LogP contribution is 2.25. The van der Waals surface area contributed by atoms with Gasteiger partial charge in [-0.05, 0) is 38.5 Å². The molecule has 106 valence electrons. The van der Waals surface area contributed by atoms with Crippen LogP contribution in [0.3, 0.4) is 0 Å². The van der Waals surface area contributed by atoms with E-state index in [0.29, 0.717) is 6.04 Å². The van der Waals surface area contributed by atoms with Crippen LogP contribution < -0.4 is 5.32 Å². The van der Waals surface area contributed by atoms with Crippen molar-refractivity contribution in [3.8, 4) is 0 Å². The van der Waals surface area contributed by atoms with Gasteiger partial charge in [-0.15, -0.1) is 0 Å². The van der Waals surface area contributed by atoms with Crippen molar-refractivity contribution < 1.29 is 0 Å². The lowest BCUT2D eigenvalue weighted by Crippen LogP contribution is -2.26. The van der Waals surface area contributed by atoms with Gasteiger partial charge in [0.05, 0.1) is 0 Å². The summed E-state index contributed by atoms with van der Waals surface area (Å²) in [7, 11) is 0. The van der Waals surface area contributed by atoms with Crippen LogP contribution in [0, 0.1) is 5.92 Å². The lowest BCUT2D eigenvalue weighted by atomic mass is 9.95. The summed E-state index contributed by atoms with van der Waals surface area (Å²) in [5.74, 6) is 1.81. The Morgan fingerprint density at radius 3 is 2.58 bits per heavy atom. The number of aromatic nitrogens is 2. The maximum Gasteiger partial charge on any atom is 0.133 e. The van der Waals surface area contributed by atoms with E-state index in [1.165, 1.54) is 43.4 Å². The fraction of sp³-hybridized carbons (Fsp3) is 0.750. The SMILES string of the molecule is CCC(CC)C(C)Nc1ncnc2c1CCCCC2. The minimum Gasteiger partial charge on any atom is -0.367 e. The van der Waals surface area contributed by atoms with Crippen LogP contribution in [0.2, 0.25) is 0 Å². The molecule has 0 radical (unpaired) electrons. The molecule has 1 aromatic rings. The first kappa shape index (κ1) is 14.3. The molecule has 1 aliphatic carbocycles. The minimum absolute atomic E-state index is 0.484. The average molecular weight is 261 g/mol. The van der Waals surface area contributed by atoms with Gasteiger partial charge in [0.15, 0.2) is 0 Å². The molecule has 1 N–H and O–H groups in total. The summed E-state index contributed by atoms with van der Waals surface area (Å²) in [5.41, 5.74) is 2.64. The Morgan fingerprint density at radius 2 is 1.84 bits per heavy atom. The summed E-state index contributed by atoms with van der Waals surface area (Å²) in [5, 5.41) is 3.65. The third kappa shape index (κ3) is 3.46. The number of nitrogens with one attached hydrogen (secondary N) is 1. The molecule has 19 heavy (non-hydrogen) atoms. The number of hydrogen-bond donors (Lipinski definition) is 1. The molecular weight excluding hydrogens is 234 g/mol. The van der Waals surface area contributed by atoms with E-state index in [1.54, 1.807) is 6.33 Å². The molecule has 0 bridgehead atoms. The average Bonchev–Trinajstić information content (AvgIpc) is 2.66. The molecule has 1 heterocycles. The second-order valence-corrected chi connectivity index (χ2v) is 5.72. The third-order valence-corrected chi connectivity index (χ3v) is 4.50. The molecule has 0 spiro atoms. The Labute approximate surface area is 117 Å². The van der Waals surface area contributed by atoms with Crippen LogP contribution in [-0.4, -0.2) is 16.0 Å². The van der Waals surface area contributed by atoms with Crippen LogP contribution in [0.25, 0.3) is 0 Å². The molecule has 3 nitrogen and oxygen atoms in total. The smallest absolute Gasteiger partial charge is 0.133 e. The molecule has 0 saturated heterocycles. The fourth-order valence-electron chi connectivity index (χ4n) is 3.15. The highest BCUT2D eigenvalue weighted by molar-refractivity contribution is 5.47. The Morgan fingerprint density at radius 1 is 1.11 bits per heavy atom. The van der Waals surface area contributed by atoms with Gasteiger partial charge < -0.3 is 5.32 Å². The van der Waals surface area contributed by atoms with Gasteiger partial charge in [-0.1, -0.05) is 33.1 Å². The summed E-state index contributed by atoms with van der Waals surface area (Å²) < 4.78 is 0. The monoisotopic (exact) mass is 261 g/mol. The molecule has 3 heteroatoms. The van der Waals surface area contributed by atoms with Crippen molar-refractivity contribution in [2.45, 2.75) is 71.8 Å². The zero-order chi connectivity index (χ0) is 13.7. The molecule has 2 rings (SSSR count). The quantitative estimate of drug-likeness (QED) is 0.815. The second kappa shape index (κ2) is 6.88. The largest absolute Gasteiger partial charge is 0.367 e. The van der Waals surface area contributed by atoms with Gasteiger partial charge in [0.2, 0.25) is 0 Å². The van der Waals surface area contributed by atoms with Crippen LogP contribution in [0.5, 0.6) is 0 Å². The van der Waals surface area contributed by atoms with Crippen molar-refractivity contribution in [1.29, 1.82) is 0 Å². The van der Waals surface area contributed by atoms with Crippen LogP contribution in [0.15, 0.2) is 6.33 Å². The first-order valence-electron chi connectivity index (χ1n) is 7.85. The highest BCUT2D eigenvalue weighted by atomic mass is 15.0. The topological polar surface area (TPSA) is 37.8 Å². The van der Waals surface area contributed by atoms with E-state index in [-0.39, 0.29) is 0 Å². The normalized spacial score (nSPS) is 16.8. The zero-order valence-corrected chi connectivity index (χ0v) is 12.6. The fourth-order valence-corrected chi connectivity index (χ4v) is 3.15. The third-order valence-electron chi connectivity index (χ3n) is 4.50. The van der Waals surface area contributed by atoms with Crippen LogP contribution in [0.4, 0.5) is 5.82 Å². The van der Waals surface area contributed by atoms with Gasteiger partial charge in [-0.25, -0.2) is 9.97 Å². The van der Waals surface area contributed by atoms with Gasteiger partial charge in [-0.3, -0.25) is 0 Å². The number of nitrogens with zero attached hydrogens (tertiary/aromatic N) is 2. The maximum atomic E-state index is 4.50. The Hall–Kier alpha value is -1.12. The van der Waals surface area contributed by atoms with Crippen molar-refractivity contribution in [2.75, 3.05) is 5.32 Å². The van der Waals surface area contributed by atoms with E-state index < -0.39 is 0 Å². The Bertz CT molecular complexity index is 399. The van der Waals surface area contributed by atoms with E-state index in [0.717, 1.165) is 24.6 Å². The van der Waals surface area contributed by atoms with Gasteiger partial charge in [0.1, 0.15) is 12.1 Å². The number of aryl methyl sites for hydroxylation is 1. The van der Waals surface area contributed by atoms with Crippen LogP contribution in [-0.2, 0) is 12.8 Å². The molecule has 1 aliphatic rings. The summed E-state index contributed by atoms with van der Waals surface area (Å²) >= 11 is 0. The number of rotatable bonds is 5. The summed E-state index contributed by atoms with van der Waals surface area (Å²) in [6.45, 7) is 6.82. The summed E-state index contributed by atoms with van der Waals surface area (Å²) in [6, 6.07) is 0.484. The zero-order valence-electron chi connectivity index (χ0n) is 12.6. The minimum atomic E-state index is 0.484. The molecule has 1 unspecified atom stereocenters. The van der Waals surface area contributed by atoms with Gasteiger partial charge >= 0.3 is 0 Å². The van der Waals surface area contributed by atoms with Crippen molar-refractivity contribution in [1.82, 2.24) is 9.97 Å². The number of hydrogen-bond acceptors (Lipinski definition) is 3. The maximum absolute atomic E-state index is 4.50. The van der Waals surface area contributed by atoms with Crippen molar-refractivity contribution >= 4 is 5.82 Å². The number of fused-ring (bicyclic) bond motifs is 1. The molecular formula is C16H27N3. The molecule has 0 amide bonds. The Kier molecular flexibility index (Phi) is 5.17. The first-order chi connectivity index (χ1) is 9.26. The molecule has 0 aromatic carbocycles. The summed E-state index contributed by atoms with van der Waals surface area (Å²) in [6.07, 6.45) is 10.3. The molecule has 0 saturated carbocycles. The molecule has 0 aliphatic heterocycles. The second-order valence-electron chi connectivity index (χ2n) is 5.72. The van der Waals surface area contributed by atoms with Crippen molar-refractivity contribution in [2.24, 2.45) is 5.92 Å². The van der Waals surface area contributed by atoms with Crippen molar-refractivity contribution in [3.63, 3.8) is 0 Å². The summed E-state index contributed by atoms with van der Waals surface area (Å²) in [4.78, 5) is 8.98. The van der Waals surface area contributed by atoms with Crippen LogP contribution in [0.1, 0.15) is 64.1 Å². The number of anilines is 1. The van der Waals surface area contributed by atoms with E-state index in [4.69, 9.17) is 0 Å². The van der Waals surface area contributed by atoms with Gasteiger partial charge in [0.25, 0.3) is 0 Å². The van der Waals surface area contributed by atoms with E-state index in [1.807, 2.05) is 0 Å². The van der Waals surface area contributed by atoms with E-state index >= 15 is 0 Å². The molecule has 1 aromatic heterocycles. The standard InChI is InChI=1S/C16H27N3/c1-4-13(5-2)12(3)19-16-14-9-7-6-8-10-15(14)17-11-18-16/h11-13H,4-10H2,1-3H3,(H,17,18,19). The van der Waals surface area contributed by atoms with Crippen molar-refractivity contribution in [3.05, 3.63) is 17.6 Å². The lowest BCUT2D eigenvalue weighted by molar-refractivity contribution is 0.436. The van der Waals surface area contributed by atoms with Gasteiger partial charge in [-0.2, -0.15) is 0 Å². The first-order valence-corrected chi connectivity index (χ1v) is 7.85. The van der Waals surface area contributed by atoms with Gasteiger partial charge in [0, 0.05) is 17.3 Å². The predicted molar refractivity (Wildman–Crippen MR) is 80.4 cm³/mol. The molecule has 1 atom stereocenters. The highest BCUT2D eigenvalue weighted by Gasteiger charge is 2.18. The van der Waals surface area contributed by atoms with E-state index in [2.05, 4.69) is 36.1 Å². The van der Waals surface area contributed by atoms with Crippen LogP contribution >= 0.6 is 0 Å². The van der Waals surface area contributed by atoms with E-state index in [9.17, 15) is 0 Å². The molecule has 0 fully saturated rings. The Balaban J connectivity index is 2.16. The predicted octanol–water partition coefficient (Wildman–Crippen LogP) is 3.98.